The number of thiophene rings is 1. The Hall–Kier alpha value is -2.19. The van der Waals surface area contributed by atoms with Crippen LogP contribution in [0.4, 0.5) is 11.5 Å². The molecule has 0 aliphatic rings. The molecule has 0 aliphatic heterocycles. The summed E-state index contributed by atoms with van der Waals surface area (Å²) >= 11 is 5.07. The highest BCUT2D eigenvalue weighted by molar-refractivity contribution is 9.10. The van der Waals surface area contributed by atoms with E-state index in [1.807, 2.05) is 23.6 Å². The molecule has 3 heterocycles. The van der Waals surface area contributed by atoms with Crippen LogP contribution in [0.3, 0.4) is 0 Å². The zero-order chi connectivity index (χ0) is 14.4. The first-order valence-corrected chi connectivity index (χ1v) is 7.75. The normalized spacial score (nSPS) is 11.3. The van der Waals surface area contributed by atoms with Crippen molar-refractivity contribution in [2.75, 3.05) is 5.32 Å². The van der Waals surface area contributed by atoms with Crippen LogP contribution >= 0.6 is 27.3 Å². The lowest BCUT2D eigenvalue weighted by Crippen LogP contribution is -1.99. The second kappa shape index (κ2) is 4.68. The van der Waals surface area contributed by atoms with Gasteiger partial charge in [0.2, 0.25) is 0 Å². The van der Waals surface area contributed by atoms with Crippen molar-refractivity contribution in [3.8, 4) is 0 Å². The molecular weight excluding hydrogens is 354 g/mol. The predicted molar refractivity (Wildman–Crippen MR) is 87.3 cm³/mol. The van der Waals surface area contributed by atoms with E-state index in [1.54, 1.807) is 11.3 Å². The molecule has 0 bridgehead atoms. The van der Waals surface area contributed by atoms with E-state index in [1.165, 1.54) is 6.33 Å². The van der Waals surface area contributed by atoms with Crippen molar-refractivity contribution < 1.29 is 0 Å². The van der Waals surface area contributed by atoms with E-state index in [0.717, 1.165) is 37.2 Å². The third-order valence-electron chi connectivity index (χ3n) is 3.12. The number of halogens is 1. The highest BCUT2D eigenvalue weighted by Crippen LogP contribution is 2.31. The highest BCUT2D eigenvalue weighted by atomic mass is 79.9. The van der Waals surface area contributed by atoms with E-state index in [-0.39, 0.29) is 5.69 Å². The summed E-state index contributed by atoms with van der Waals surface area (Å²) in [6.07, 6.45) is 1.53. The summed E-state index contributed by atoms with van der Waals surface area (Å²) < 4.78 is 0.840. The summed E-state index contributed by atoms with van der Waals surface area (Å²) in [5, 5.41) is 6.22. The number of benzene rings is 1. The Bertz CT molecular complexity index is 1020. The van der Waals surface area contributed by atoms with Gasteiger partial charge in [0, 0.05) is 4.47 Å². The monoisotopic (exact) mass is 361 g/mol. The Labute approximate surface area is 130 Å². The molecule has 1 aromatic carbocycles. The molecule has 21 heavy (non-hydrogen) atoms. The van der Waals surface area contributed by atoms with E-state index in [2.05, 4.69) is 41.2 Å². The van der Waals surface area contributed by atoms with Gasteiger partial charge in [-0.15, -0.1) is 11.3 Å². The van der Waals surface area contributed by atoms with E-state index in [0.29, 0.717) is 0 Å². The van der Waals surface area contributed by atoms with Crippen molar-refractivity contribution in [1.29, 1.82) is 0 Å². The number of imidazole rings is 1. The van der Waals surface area contributed by atoms with Crippen LogP contribution in [0.1, 0.15) is 0 Å². The molecule has 0 atom stereocenters. The van der Waals surface area contributed by atoms with Gasteiger partial charge in [-0.3, -0.25) is 0 Å². The van der Waals surface area contributed by atoms with Crippen molar-refractivity contribution >= 4 is 60.0 Å². The lowest BCUT2D eigenvalue weighted by atomic mass is 10.2. The molecule has 0 saturated carbocycles. The minimum absolute atomic E-state index is 0.226. The molecule has 3 N–H and O–H groups in total. The third kappa shape index (κ3) is 2.12. The first-order chi connectivity index (χ1) is 10.2. The van der Waals surface area contributed by atoms with E-state index in [9.17, 15) is 4.79 Å². The van der Waals surface area contributed by atoms with Gasteiger partial charge >= 0.3 is 5.69 Å². The maximum Gasteiger partial charge on any atom is 0.323 e. The molecule has 0 fully saturated rings. The Morgan fingerprint density at radius 1 is 1.19 bits per heavy atom. The summed E-state index contributed by atoms with van der Waals surface area (Å²) in [7, 11) is 0. The summed E-state index contributed by atoms with van der Waals surface area (Å²) in [4.78, 5) is 26.2. The van der Waals surface area contributed by atoms with Gasteiger partial charge in [0.25, 0.3) is 0 Å². The second-order valence-corrected chi connectivity index (χ2v) is 6.19. The average Bonchev–Trinajstić information content (AvgIpc) is 3.05. The summed E-state index contributed by atoms with van der Waals surface area (Å²) in [6.45, 7) is 0. The van der Waals surface area contributed by atoms with Gasteiger partial charge in [-0.2, -0.15) is 0 Å². The number of nitrogens with one attached hydrogen (secondary N) is 3. The van der Waals surface area contributed by atoms with Crippen molar-refractivity contribution in [3.05, 3.63) is 44.9 Å². The van der Waals surface area contributed by atoms with Crippen LogP contribution in [0.15, 0.2) is 39.2 Å². The molecule has 0 unspecified atom stereocenters. The van der Waals surface area contributed by atoms with E-state index in [4.69, 9.17) is 0 Å². The number of hydrogen-bond acceptors (Lipinski definition) is 5. The SMILES string of the molecule is O=c1[nH]c2cc(Br)c(Nc3ncnc4sccc34)cc2[nH]1. The fraction of sp³-hybridized carbons (Fsp3) is 0. The Balaban J connectivity index is 1.85. The lowest BCUT2D eigenvalue weighted by molar-refractivity contribution is 1.21. The Morgan fingerprint density at radius 2 is 2.00 bits per heavy atom. The number of anilines is 2. The fourth-order valence-electron chi connectivity index (χ4n) is 2.17. The number of H-pyrrole nitrogens is 2. The zero-order valence-corrected chi connectivity index (χ0v) is 12.9. The summed E-state index contributed by atoms with van der Waals surface area (Å²) in [6, 6.07) is 5.69. The molecule has 0 saturated heterocycles. The Morgan fingerprint density at radius 3 is 2.86 bits per heavy atom. The lowest BCUT2D eigenvalue weighted by Gasteiger charge is -2.08. The first kappa shape index (κ1) is 12.5. The van der Waals surface area contributed by atoms with Gasteiger partial charge in [-0.1, -0.05) is 0 Å². The fourth-order valence-corrected chi connectivity index (χ4v) is 3.34. The van der Waals surface area contributed by atoms with Crippen molar-refractivity contribution in [2.45, 2.75) is 0 Å². The second-order valence-electron chi connectivity index (χ2n) is 4.44. The molecule has 0 radical (unpaired) electrons. The molecule has 0 spiro atoms. The molecule has 0 aliphatic carbocycles. The van der Waals surface area contributed by atoms with Crippen LogP contribution in [0.5, 0.6) is 0 Å². The standard InChI is InChI=1S/C13H8BrN5OS/c14-7-3-9-10(19-13(20)18-9)4-8(7)17-11-6-1-2-21-12(6)16-5-15-11/h1-5H,(H,15,16,17)(H2,18,19,20). The molecule has 0 amide bonds. The number of fused-ring (bicyclic) bond motifs is 2. The molecule has 4 aromatic rings. The average molecular weight is 362 g/mol. The van der Waals surface area contributed by atoms with Crippen LogP contribution in [-0.2, 0) is 0 Å². The van der Waals surface area contributed by atoms with Gasteiger partial charge in [0.05, 0.1) is 22.1 Å². The zero-order valence-electron chi connectivity index (χ0n) is 10.5. The highest BCUT2D eigenvalue weighted by Gasteiger charge is 2.09. The maximum absolute atomic E-state index is 11.3. The Kier molecular flexibility index (Phi) is 2.79. The van der Waals surface area contributed by atoms with E-state index >= 15 is 0 Å². The molecular formula is C13H8BrN5OS. The molecule has 104 valence electrons. The summed E-state index contributed by atoms with van der Waals surface area (Å²) in [5.74, 6) is 0.735. The van der Waals surface area contributed by atoms with Gasteiger partial charge in [0.1, 0.15) is 17.0 Å². The molecule has 4 rings (SSSR count). The molecule has 6 nitrogen and oxygen atoms in total. The van der Waals surface area contributed by atoms with Crippen molar-refractivity contribution in [1.82, 2.24) is 19.9 Å². The number of nitrogens with zero attached hydrogens (tertiary/aromatic N) is 2. The van der Waals surface area contributed by atoms with Crippen LogP contribution in [0.2, 0.25) is 0 Å². The van der Waals surface area contributed by atoms with Crippen LogP contribution in [0.25, 0.3) is 21.3 Å². The minimum atomic E-state index is -0.226. The number of hydrogen-bond donors (Lipinski definition) is 3. The molecule has 3 aromatic heterocycles. The summed E-state index contributed by atoms with van der Waals surface area (Å²) in [5.41, 5.74) is 2.09. The number of aromatic amines is 2. The van der Waals surface area contributed by atoms with Crippen LogP contribution < -0.4 is 11.0 Å². The van der Waals surface area contributed by atoms with Crippen molar-refractivity contribution in [3.63, 3.8) is 0 Å². The number of aromatic nitrogens is 4. The molecule has 8 heteroatoms. The third-order valence-corrected chi connectivity index (χ3v) is 4.60. The quantitative estimate of drug-likeness (QED) is 0.510. The van der Waals surface area contributed by atoms with Crippen LogP contribution in [0, 0.1) is 0 Å². The maximum atomic E-state index is 11.3. The van der Waals surface area contributed by atoms with Gasteiger partial charge in [-0.25, -0.2) is 14.8 Å². The number of rotatable bonds is 2. The largest absolute Gasteiger partial charge is 0.339 e. The van der Waals surface area contributed by atoms with Gasteiger partial charge < -0.3 is 15.3 Å². The minimum Gasteiger partial charge on any atom is -0.339 e. The smallest absolute Gasteiger partial charge is 0.323 e. The van der Waals surface area contributed by atoms with Gasteiger partial charge in [0.15, 0.2) is 0 Å². The van der Waals surface area contributed by atoms with Gasteiger partial charge in [-0.05, 0) is 39.5 Å². The first-order valence-electron chi connectivity index (χ1n) is 6.07. The predicted octanol–water partition coefficient (Wildman–Crippen LogP) is 3.37. The van der Waals surface area contributed by atoms with Crippen LogP contribution in [-0.4, -0.2) is 19.9 Å². The topological polar surface area (TPSA) is 86.5 Å². The van der Waals surface area contributed by atoms with E-state index < -0.39 is 0 Å². The van der Waals surface area contributed by atoms with Crippen molar-refractivity contribution in [2.24, 2.45) is 0 Å².